The summed E-state index contributed by atoms with van der Waals surface area (Å²) in [6, 6.07) is 9.30. The van der Waals surface area contributed by atoms with Crippen LogP contribution in [0.3, 0.4) is 0 Å². The SMILES string of the molecule is CSc1ccccc1OCc1cc(C(=O)N(C)CCCO)no1. The molecule has 1 aromatic carbocycles. The van der Waals surface area contributed by atoms with Gasteiger partial charge < -0.3 is 19.3 Å². The Labute approximate surface area is 139 Å². The number of aromatic nitrogens is 1. The van der Waals surface area contributed by atoms with Gasteiger partial charge in [0.05, 0.1) is 0 Å². The summed E-state index contributed by atoms with van der Waals surface area (Å²) >= 11 is 1.60. The summed E-state index contributed by atoms with van der Waals surface area (Å²) in [5, 5.41) is 12.6. The summed E-state index contributed by atoms with van der Waals surface area (Å²) in [5.74, 6) is 1.02. The Morgan fingerprint density at radius 1 is 1.43 bits per heavy atom. The van der Waals surface area contributed by atoms with Crippen LogP contribution in [0.4, 0.5) is 0 Å². The van der Waals surface area contributed by atoms with Crippen molar-refractivity contribution < 1.29 is 19.2 Å². The van der Waals surface area contributed by atoms with Crippen LogP contribution in [-0.2, 0) is 6.61 Å². The highest BCUT2D eigenvalue weighted by Gasteiger charge is 2.17. The van der Waals surface area contributed by atoms with Gasteiger partial charge in [0.15, 0.2) is 11.5 Å². The molecule has 0 radical (unpaired) electrons. The number of hydrogen-bond donors (Lipinski definition) is 1. The van der Waals surface area contributed by atoms with Crippen LogP contribution in [0.25, 0.3) is 0 Å². The van der Waals surface area contributed by atoms with E-state index in [0.717, 1.165) is 10.6 Å². The smallest absolute Gasteiger partial charge is 0.275 e. The maximum Gasteiger partial charge on any atom is 0.275 e. The largest absolute Gasteiger partial charge is 0.484 e. The lowest BCUT2D eigenvalue weighted by Crippen LogP contribution is -2.28. The van der Waals surface area contributed by atoms with E-state index in [1.165, 1.54) is 4.90 Å². The number of ether oxygens (including phenoxy) is 1. The Kier molecular flexibility index (Phi) is 6.49. The number of rotatable bonds is 8. The summed E-state index contributed by atoms with van der Waals surface area (Å²) in [6.45, 7) is 0.720. The predicted molar refractivity (Wildman–Crippen MR) is 87.7 cm³/mol. The number of nitrogens with zero attached hydrogens (tertiary/aromatic N) is 2. The van der Waals surface area contributed by atoms with Crippen molar-refractivity contribution in [3.63, 3.8) is 0 Å². The van der Waals surface area contributed by atoms with Gasteiger partial charge in [-0.1, -0.05) is 17.3 Å². The summed E-state index contributed by atoms with van der Waals surface area (Å²) in [5.41, 5.74) is 0.238. The second kappa shape index (κ2) is 8.59. The van der Waals surface area contributed by atoms with Gasteiger partial charge in [0.25, 0.3) is 5.91 Å². The van der Waals surface area contributed by atoms with E-state index in [1.54, 1.807) is 24.9 Å². The lowest BCUT2D eigenvalue weighted by atomic mass is 10.3. The maximum atomic E-state index is 12.1. The van der Waals surface area contributed by atoms with Crippen LogP contribution in [0.2, 0.25) is 0 Å². The maximum absolute atomic E-state index is 12.1. The van der Waals surface area contributed by atoms with Gasteiger partial charge >= 0.3 is 0 Å². The monoisotopic (exact) mass is 336 g/mol. The quantitative estimate of drug-likeness (QED) is 0.746. The van der Waals surface area contributed by atoms with Gasteiger partial charge in [-0.25, -0.2) is 0 Å². The molecule has 0 saturated carbocycles. The fraction of sp³-hybridized carbons (Fsp3) is 0.375. The van der Waals surface area contributed by atoms with Gasteiger partial charge in [-0.05, 0) is 24.8 Å². The molecule has 0 aliphatic rings. The highest BCUT2D eigenvalue weighted by molar-refractivity contribution is 7.98. The molecule has 0 atom stereocenters. The number of hydrogen-bond acceptors (Lipinski definition) is 6. The first kappa shape index (κ1) is 17.4. The summed E-state index contributed by atoms with van der Waals surface area (Å²) < 4.78 is 10.9. The molecule has 0 bridgehead atoms. The van der Waals surface area contributed by atoms with Crippen LogP contribution in [0.5, 0.6) is 5.75 Å². The Hall–Kier alpha value is -1.99. The van der Waals surface area contributed by atoms with Crippen molar-refractivity contribution in [3.8, 4) is 5.75 Å². The number of thioether (sulfide) groups is 1. The molecule has 0 spiro atoms. The van der Waals surface area contributed by atoms with Gasteiger partial charge in [0.2, 0.25) is 0 Å². The summed E-state index contributed by atoms with van der Waals surface area (Å²) in [6.07, 6.45) is 2.51. The van der Waals surface area contributed by atoms with Crippen molar-refractivity contribution in [1.82, 2.24) is 10.1 Å². The first-order valence-corrected chi connectivity index (χ1v) is 8.46. The molecule has 124 valence electrons. The van der Waals surface area contributed by atoms with Crippen LogP contribution in [0.1, 0.15) is 22.7 Å². The van der Waals surface area contributed by atoms with Crippen molar-refractivity contribution in [2.45, 2.75) is 17.9 Å². The molecular formula is C16H20N2O4S. The van der Waals surface area contributed by atoms with Gasteiger partial charge in [-0.3, -0.25) is 4.79 Å². The van der Waals surface area contributed by atoms with Crippen LogP contribution < -0.4 is 4.74 Å². The minimum absolute atomic E-state index is 0.0460. The Morgan fingerprint density at radius 3 is 2.96 bits per heavy atom. The standard InChI is InChI=1S/C16H20N2O4S/c1-18(8-5-9-19)16(20)13-10-12(22-17-13)11-21-14-6-3-4-7-15(14)23-2/h3-4,6-7,10,19H,5,8-9,11H2,1-2H3. The zero-order valence-corrected chi connectivity index (χ0v) is 14.0. The van der Waals surface area contributed by atoms with E-state index >= 15 is 0 Å². The van der Waals surface area contributed by atoms with Crippen molar-refractivity contribution in [1.29, 1.82) is 0 Å². The van der Waals surface area contributed by atoms with E-state index in [2.05, 4.69) is 5.16 Å². The van der Waals surface area contributed by atoms with Crippen molar-refractivity contribution in [3.05, 3.63) is 41.8 Å². The molecule has 2 rings (SSSR count). The number of carbonyl (C=O) groups excluding carboxylic acids is 1. The van der Waals surface area contributed by atoms with Gasteiger partial charge in [0.1, 0.15) is 12.4 Å². The van der Waals surface area contributed by atoms with E-state index in [-0.39, 0.29) is 24.8 Å². The van der Waals surface area contributed by atoms with Gasteiger partial charge in [-0.2, -0.15) is 0 Å². The highest BCUT2D eigenvalue weighted by atomic mass is 32.2. The molecule has 0 fully saturated rings. The molecule has 7 heteroatoms. The Morgan fingerprint density at radius 2 is 2.22 bits per heavy atom. The molecule has 0 aliphatic carbocycles. The average molecular weight is 336 g/mol. The van der Waals surface area contributed by atoms with E-state index in [4.69, 9.17) is 14.4 Å². The van der Waals surface area contributed by atoms with Crippen LogP contribution >= 0.6 is 11.8 Å². The van der Waals surface area contributed by atoms with Crippen LogP contribution in [-0.4, -0.2) is 47.5 Å². The molecule has 6 nitrogen and oxygen atoms in total. The molecule has 1 aromatic heterocycles. The molecule has 0 saturated heterocycles. The third-order valence-corrected chi connectivity index (χ3v) is 3.99. The number of benzene rings is 1. The van der Waals surface area contributed by atoms with Crippen molar-refractivity contribution >= 4 is 17.7 Å². The second-order valence-corrected chi connectivity index (χ2v) is 5.77. The summed E-state index contributed by atoms with van der Waals surface area (Å²) in [4.78, 5) is 14.7. The molecule has 1 N–H and O–H groups in total. The van der Waals surface area contributed by atoms with Gasteiger partial charge in [0, 0.05) is 31.2 Å². The lowest BCUT2D eigenvalue weighted by molar-refractivity contribution is 0.0775. The second-order valence-electron chi connectivity index (χ2n) is 4.92. The van der Waals surface area contributed by atoms with E-state index in [1.807, 2.05) is 30.5 Å². The Balaban J connectivity index is 1.95. The van der Waals surface area contributed by atoms with Crippen LogP contribution in [0, 0.1) is 0 Å². The van der Waals surface area contributed by atoms with E-state index in [9.17, 15) is 4.79 Å². The lowest BCUT2D eigenvalue weighted by Gasteiger charge is -2.14. The molecular weight excluding hydrogens is 316 g/mol. The topological polar surface area (TPSA) is 75.8 Å². The number of amides is 1. The number of aliphatic hydroxyl groups is 1. The minimum atomic E-state index is -0.238. The molecule has 0 aliphatic heterocycles. The Bertz CT molecular complexity index is 645. The molecule has 2 aromatic rings. The zero-order chi connectivity index (χ0) is 16.7. The first-order chi connectivity index (χ1) is 11.2. The predicted octanol–water partition coefficient (Wildman–Crippen LogP) is 2.43. The van der Waals surface area contributed by atoms with Crippen LogP contribution in [0.15, 0.2) is 39.8 Å². The van der Waals surface area contributed by atoms with E-state index in [0.29, 0.717) is 18.7 Å². The normalized spacial score (nSPS) is 10.6. The fourth-order valence-electron chi connectivity index (χ4n) is 1.97. The fourth-order valence-corrected chi connectivity index (χ4v) is 2.52. The number of aliphatic hydroxyl groups excluding tert-OH is 1. The third-order valence-electron chi connectivity index (χ3n) is 3.22. The zero-order valence-electron chi connectivity index (χ0n) is 13.2. The summed E-state index contributed by atoms with van der Waals surface area (Å²) in [7, 11) is 1.66. The van der Waals surface area contributed by atoms with E-state index < -0.39 is 0 Å². The molecule has 1 amide bonds. The van der Waals surface area contributed by atoms with Crippen molar-refractivity contribution in [2.24, 2.45) is 0 Å². The molecule has 1 heterocycles. The average Bonchev–Trinajstić information content (AvgIpc) is 3.06. The molecule has 0 unspecified atom stereocenters. The third kappa shape index (κ3) is 4.74. The minimum Gasteiger partial charge on any atom is -0.484 e. The number of para-hydroxylation sites is 1. The first-order valence-electron chi connectivity index (χ1n) is 7.23. The van der Waals surface area contributed by atoms with Crippen molar-refractivity contribution in [2.75, 3.05) is 26.5 Å². The van der Waals surface area contributed by atoms with Gasteiger partial charge in [-0.15, -0.1) is 11.8 Å². The molecule has 23 heavy (non-hydrogen) atoms. The number of carbonyl (C=O) groups is 1. The highest BCUT2D eigenvalue weighted by Crippen LogP contribution is 2.27.